The van der Waals surface area contributed by atoms with Gasteiger partial charge in [-0.05, 0) is 30.5 Å². The minimum absolute atomic E-state index is 0.00408. The molecule has 1 aromatic rings. The molecule has 0 aliphatic carbocycles. The van der Waals surface area contributed by atoms with E-state index in [0.717, 1.165) is 32.0 Å². The summed E-state index contributed by atoms with van der Waals surface area (Å²) in [7, 11) is -3.36. The Labute approximate surface area is 171 Å². The second kappa shape index (κ2) is 10.8. The average molecular weight is 433 g/mol. The number of carbonyl (C=O) groups is 1. The fraction of sp³-hybridized carbons (Fsp3) is 0.632. The van der Waals surface area contributed by atoms with Crippen molar-refractivity contribution in [3.05, 3.63) is 35.4 Å². The quantitative estimate of drug-likeness (QED) is 0.625. The van der Waals surface area contributed by atoms with E-state index in [4.69, 9.17) is 0 Å². The first-order valence-electron chi connectivity index (χ1n) is 9.93. The number of hydrogen-bond donors (Lipinski definition) is 2. The molecule has 1 fully saturated rings. The van der Waals surface area contributed by atoms with Crippen molar-refractivity contribution in [2.45, 2.75) is 39.3 Å². The molecule has 1 aliphatic rings. The van der Waals surface area contributed by atoms with Crippen LogP contribution in [-0.2, 0) is 16.6 Å². The fourth-order valence-corrected chi connectivity index (χ4v) is 4.81. The highest BCUT2D eigenvalue weighted by Gasteiger charge is 2.22. The predicted octanol–water partition coefficient (Wildman–Crippen LogP) is 1.90. The molecule has 2 N–H and O–H groups in total. The van der Waals surface area contributed by atoms with Crippen molar-refractivity contribution in [1.29, 1.82) is 0 Å². The van der Waals surface area contributed by atoms with Gasteiger partial charge in [-0.25, -0.2) is 26.3 Å². The van der Waals surface area contributed by atoms with Crippen molar-refractivity contribution in [1.82, 2.24) is 19.8 Å². The number of rotatable bonds is 9. The van der Waals surface area contributed by atoms with Crippen LogP contribution in [-0.4, -0.2) is 68.2 Å². The first-order valence-corrected chi connectivity index (χ1v) is 11.5. The van der Waals surface area contributed by atoms with Crippen molar-refractivity contribution in [3.8, 4) is 0 Å². The monoisotopic (exact) mass is 432 g/mol. The third kappa shape index (κ3) is 7.20. The van der Waals surface area contributed by atoms with E-state index in [9.17, 15) is 22.0 Å². The average Bonchev–Trinajstić information content (AvgIpc) is 2.67. The van der Waals surface area contributed by atoms with E-state index in [1.54, 1.807) is 19.9 Å². The lowest BCUT2D eigenvalue weighted by molar-refractivity contribution is 0.186. The van der Waals surface area contributed by atoms with Gasteiger partial charge in [0.15, 0.2) is 11.6 Å². The van der Waals surface area contributed by atoms with Crippen LogP contribution >= 0.6 is 0 Å². The Morgan fingerprint density at radius 2 is 1.83 bits per heavy atom. The number of piperidine rings is 1. The van der Waals surface area contributed by atoms with Crippen molar-refractivity contribution in [2.24, 2.45) is 0 Å². The van der Waals surface area contributed by atoms with Gasteiger partial charge in [-0.2, -0.15) is 0 Å². The number of urea groups is 1. The normalized spacial score (nSPS) is 16.2. The molecule has 0 aromatic heterocycles. The van der Waals surface area contributed by atoms with Gasteiger partial charge in [0.2, 0.25) is 10.0 Å². The van der Waals surface area contributed by atoms with Crippen LogP contribution in [0.2, 0.25) is 0 Å². The van der Waals surface area contributed by atoms with Crippen LogP contribution in [0.15, 0.2) is 18.2 Å². The van der Waals surface area contributed by atoms with Gasteiger partial charge in [0.25, 0.3) is 0 Å². The van der Waals surface area contributed by atoms with Gasteiger partial charge in [0.1, 0.15) is 0 Å². The van der Waals surface area contributed by atoms with Crippen LogP contribution < -0.4 is 10.6 Å². The molecule has 1 heterocycles. The number of carbonyl (C=O) groups excluding carboxylic acids is 1. The number of halogens is 2. The van der Waals surface area contributed by atoms with Crippen LogP contribution in [0.5, 0.6) is 0 Å². The lowest BCUT2D eigenvalue weighted by Gasteiger charge is -2.32. The van der Waals surface area contributed by atoms with Gasteiger partial charge >= 0.3 is 6.03 Å². The van der Waals surface area contributed by atoms with Crippen molar-refractivity contribution >= 4 is 16.1 Å². The van der Waals surface area contributed by atoms with Gasteiger partial charge in [-0.1, -0.05) is 19.9 Å². The summed E-state index contributed by atoms with van der Waals surface area (Å²) in [5.41, 5.74) is 0.711. The molecule has 2 rings (SSSR count). The minimum Gasteiger partial charge on any atom is -0.337 e. The first-order chi connectivity index (χ1) is 13.7. The molecule has 0 unspecified atom stereocenters. The molecular formula is C19H30F2N4O3S. The van der Waals surface area contributed by atoms with E-state index in [-0.39, 0.29) is 24.4 Å². The summed E-state index contributed by atoms with van der Waals surface area (Å²) >= 11 is 0. The zero-order valence-corrected chi connectivity index (χ0v) is 17.8. The minimum atomic E-state index is -3.36. The standard InChI is InChI=1S/C19H30F2N4O3S/c1-3-25(4-2)29(27,28)12-9-22-19(26)23-16-7-10-24(11-8-16)14-15-5-6-17(20)18(21)13-15/h5-6,13,16H,3-4,7-12,14H2,1-2H3,(H2,22,23,26). The highest BCUT2D eigenvalue weighted by molar-refractivity contribution is 7.89. The highest BCUT2D eigenvalue weighted by atomic mass is 32.2. The number of benzene rings is 1. The molecule has 0 saturated carbocycles. The molecule has 0 bridgehead atoms. The summed E-state index contributed by atoms with van der Waals surface area (Å²) in [5, 5.41) is 5.47. The Kier molecular flexibility index (Phi) is 8.79. The maximum atomic E-state index is 13.3. The van der Waals surface area contributed by atoms with Crippen LogP contribution in [0, 0.1) is 11.6 Å². The second-order valence-electron chi connectivity index (χ2n) is 7.10. The molecule has 7 nitrogen and oxygen atoms in total. The van der Waals surface area contributed by atoms with Crippen molar-refractivity contribution in [3.63, 3.8) is 0 Å². The molecule has 164 valence electrons. The number of amides is 2. The van der Waals surface area contributed by atoms with Gasteiger partial charge in [-0.15, -0.1) is 0 Å². The lowest BCUT2D eigenvalue weighted by atomic mass is 10.0. The number of nitrogens with zero attached hydrogens (tertiary/aromatic N) is 2. The molecular weight excluding hydrogens is 402 g/mol. The third-order valence-corrected chi connectivity index (χ3v) is 7.08. The molecule has 0 atom stereocenters. The summed E-state index contributed by atoms with van der Waals surface area (Å²) in [5.74, 6) is -1.83. The molecule has 29 heavy (non-hydrogen) atoms. The zero-order chi connectivity index (χ0) is 21.4. The Balaban J connectivity index is 1.69. The van der Waals surface area contributed by atoms with Crippen LogP contribution in [0.25, 0.3) is 0 Å². The van der Waals surface area contributed by atoms with E-state index in [1.807, 2.05) is 0 Å². The number of nitrogens with one attached hydrogen (secondary N) is 2. The van der Waals surface area contributed by atoms with Gasteiger partial charge in [-0.3, -0.25) is 4.90 Å². The number of hydrogen-bond acceptors (Lipinski definition) is 4. The maximum Gasteiger partial charge on any atom is 0.315 e. The van der Waals surface area contributed by atoms with E-state index in [2.05, 4.69) is 15.5 Å². The van der Waals surface area contributed by atoms with Crippen molar-refractivity contribution < 1.29 is 22.0 Å². The summed E-state index contributed by atoms with van der Waals surface area (Å²) in [6.45, 7) is 6.40. The summed E-state index contributed by atoms with van der Waals surface area (Å²) in [4.78, 5) is 14.2. The van der Waals surface area contributed by atoms with Crippen LogP contribution in [0.1, 0.15) is 32.3 Å². The molecule has 1 aliphatic heterocycles. The highest BCUT2D eigenvalue weighted by Crippen LogP contribution is 2.15. The topological polar surface area (TPSA) is 81.8 Å². The summed E-state index contributed by atoms with van der Waals surface area (Å²) < 4.78 is 51.9. The molecule has 0 radical (unpaired) electrons. The van der Waals surface area contributed by atoms with Crippen LogP contribution in [0.3, 0.4) is 0 Å². The van der Waals surface area contributed by atoms with E-state index in [1.165, 1.54) is 10.4 Å². The lowest BCUT2D eigenvalue weighted by Crippen LogP contribution is -2.48. The third-order valence-electron chi connectivity index (χ3n) is 5.06. The van der Waals surface area contributed by atoms with Gasteiger partial charge in [0.05, 0.1) is 5.75 Å². The van der Waals surface area contributed by atoms with Gasteiger partial charge in [0, 0.05) is 45.3 Å². The maximum absolute atomic E-state index is 13.3. The zero-order valence-electron chi connectivity index (χ0n) is 17.0. The van der Waals surface area contributed by atoms with E-state index >= 15 is 0 Å². The molecule has 1 aromatic carbocycles. The second-order valence-corrected chi connectivity index (χ2v) is 9.19. The molecule has 0 spiro atoms. The number of likely N-dealkylation sites (tertiary alicyclic amines) is 1. The first kappa shape index (κ1) is 23.5. The molecule has 10 heteroatoms. The largest absolute Gasteiger partial charge is 0.337 e. The van der Waals surface area contributed by atoms with Crippen LogP contribution in [0.4, 0.5) is 13.6 Å². The van der Waals surface area contributed by atoms with Gasteiger partial charge < -0.3 is 10.6 Å². The Morgan fingerprint density at radius 3 is 2.41 bits per heavy atom. The molecule has 1 saturated heterocycles. The summed E-state index contributed by atoms with van der Waals surface area (Å²) in [6, 6.07) is 3.53. The van der Waals surface area contributed by atoms with Crippen molar-refractivity contribution in [2.75, 3.05) is 38.5 Å². The SMILES string of the molecule is CCN(CC)S(=O)(=O)CCNC(=O)NC1CCN(Cc2ccc(F)c(F)c2)CC1. The number of sulfonamides is 1. The fourth-order valence-electron chi connectivity index (χ4n) is 3.41. The van der Waals surface area contributed by atoms with E-state index < -0.39 is 21.7 Å². The van der Waals surface area contributed by atoms with E-state index in [0.29, 0.717) is 25.2 Å². The smallest absolute Gasteiger partial charge is 0.315 e. The Hall–Kier alpha value is -1.78. The summed E-state index contributed by atoms with van der Waals surface area (Å²) in [6.07, 6.45) is 1.46. The molecule has 2 amide bonds. The Morgan fingerprint density at radius 1 is 1.17 bits per heavy atom. The Bertz CT molecular complexity index is 780. The predicted molar refractivity (Wildman–Crippen MR) is 108 cm³/mol.